The van der Waals surface area contributed by atoms with Crippen LogP contribution in [-0.4, -0.2) is 46.1 Å². The highest BCUT2D eigenvalue weighted by Crippen LogP contribution is 2.31. The number of nitrogens with zero attached hydrogens (tertiary/aromatic N) is 2. The second-order valence-corrected chi connectivity index (χ2v) is 9.26. The van der Waals surface area contributed by atoms with Gasteiger partial charge in [0.2, 0.25) is 11.8 Å². The van der Waals surface area contributed by atoms with Crippen LogP contribution in [0.5, 0.6) is 0 Å². The molecular weight excluding hydrogens is 434 g/mol. The van der Waals surface area contributed by atoms with E-state index in [1.165, 1.54) is 11.3 Å². The van der Waals surface area contributed by atoms with E-state index >= 15 is 0 Å². The van der Waals surface area contributed by atoms with Crippen LogP contribution in [0.4, 0.5) is 5.69 Å². The predicted octanol–water partition coefficient (Wildman–Crippen LogP) is 3.16. The number of hydrogen-bond acceptors (Lipinski definition) is 7. The number of ether oxygens (including phenoxy) is 1. The van der Waals surface area contributed by atoms with E-state index in [0.29, 0.717) is 18.7 Å². The third-order valence-electron chi connectivity index (χ3n) is 5.24. The van der Waals surface area contributed by atoms with Gasteiger partial charge in [0.05, 0.1) is 36.8 Å². The van der Waals surface area contributed by atoms with Gasteiger partial charge in [-0.25, -0.2) is 4.98 Å². The molecule has 1 aliphatic rings. The van der Waals surface area contributed by atoms with Gasteiger partial charge in [-0.05, 0) is 36.1 Å². The van der Waals surface area contributed by atoms with Crippen molar-refractivity contribution in [3.63, 3.8) is 0 Å². The molecule has 1 saturated heterocycles. The Bertz CT molecular complexity index is 1030. The largest absolute Gasteiger partial charge is 0.394 e. The molecule has 1 aliphatic heterocycles. The lowest BCUT2D eigenvalue weighted by molar-refractivity contribution is -0.161. The number of benzene rings is 1. The molecule has 3 heterocycles. The number of hydrogen-bond donors (Lipinski definition) is 2. The molecule has 2 aromatic heterocycles. The fourth-order valence-electron chi connectivity index (χ4n) is 3.59. The molecular formula is C22H23N3O4S2. The second-order valence-electron chi connectivity index (χ2n) is 7.29. The molecule has 0 aliphatic carbocycles. The normalized spacial score (nSPS) is 18.9. The molecule has 1 aromatic carbocycles. The average Bonchev–Trinajstić information content (AvgIpc) is 3.42. The highest BCUT2D eigenvalue weighted by Gasteiger charge is 2.37. The fraction of sp³-hybridized carbons (Fsp3) is 0.318. The number of aliphatic hydroxyl groups excluding tert-OH is 1. The lowest BCUT2D eigenvalue weighted by atomic mass is 9.99. The molecule has 31 heavy (non-hydrogen) atoms. The van der Waals surface area contributed by atoms with Gasteiger partial charge in [0.15, 0.2) is 0 Å². The highest BCUT2D eigenvalue weighted by atomic mass is 32.1. The molecule has 4 rings (SSSR count). The molecule has 0 spiro atoms. The first kappa shape index (κ1) is 21.6. The number of anilines is 1. The number of carbonyl (C=O) groups excluding carboxylic acids is 2. The van der Waals surface area contributed by atoms with Gasteiger partial charge >= 0.3 is 0 Å². The number of amides is 2. The van der Waals surface area contributed by atoms with E-state index in [-0.39, 0.29) is 25.0 Å². The van der Waals surface area contributed by atoms with Gasteiger partial charge in [0.1, 0.15) is 12.7 Å². The van der Waals surface area contributed by atoms with Crippen LogP contribution < -0.4 is 5.32 Å². The van der Waals surface area contributed by atoms with Crippen molar-refractivity contribution in [2.75, 3.05) is 18.5 Å². The zero-order chi connectivity index (χ0) is 21.8. The van der Waals surface area contributed by atoms with Gasteiger partial charge in [-0.1, -0.05) is 18.2 Å². The van der Waals surface area contributed by atoms with E-state index in [4.69, 9.17) is 4.74 Å². The summed E-state index contributed by atoms with van der Waals surface area (Å²) in [6.45, 7) is 2.05. The Morgan fingerprint density at radius 1 is 1.29 bits per heavy atom. The zero-order valence-electron chi connectivity index (χ0n) is 17.0. The second kappa shape index (κ2) is 9.69. The molecule has 7 nitrogen and oxygen atoms in total. The van der Waals surface area contributed by atoms with Gasteiger partial charge in [-0.15, -0.1) is 22.7 Å². The standard InChI is InChI=1S/C22H23N3O4S2/c1-14-19(31-13-23-14)10-25-18(11-26)22(29-12-21(25)28)15-4-6-16(7-5-15)24-20(27)9-17-3-2-8-30-17/h2-8,13,18,22,26H,9-12H2,1H3,(H,24,27)/t18-,22-/m1/s1. The Balaban J connectivity index is 1.45. The molecule has 3 aromatic rings. The van der Waals surface area contributed by atoms with Crippen LogP contribution in [0.1, 0.15) is 27.1 Å². The van der Waals surface area contributed by atoms with E-state index < -0.39 is 12.1 Å². The third kappa shape index (κ3) is 5.01. The number of thiazole rings is 1. The number of aryl methyl sites for hydroxylation is 1. The van der Waals surface area contributed by atoms with Gasteiger partial charge in [0.25, 0.3) is 0 Å². The maximum absolute atomic E-state index is 12.5. The van der Waals surface area contributed by atoms with Gasteiger partial charge in [-0.3, -0.25) is 9.59 Å². The predicted molar refractivity (Wildman–Crippen MR) is 120 cm³/mol. The Morgan fingerprint density at radius 3 is 2.74 bits per heavy atom. The lowest BCUT2D eigenvalue weighted by Crippen LogP contribution is -2.52. The monoisotopic (exact) mass is 457 g/mol. The van der Waals surface area contributed by atoms with Crippen molar-refractivity contribution >= 4 is 40.2 Å². The van der Waals surface area contributed by atoms with Crippen molar-refractivity contribution in [3.8, 4) is 0 Å². The molecule has 162 valence electrons. The SMILES string of the molecule is Cc1ncsc1CN1C(=O)CO[C@H](c2ccc(NC(=O)Cc3cccs3)cc2)[C@H]1CO. The first-order chi connectivity index (χ1) is 15.0. The molecule has 1 fully saturated rings. The number of rotatable bonds is 7. The Labute approximate surface area is 188 Å². The maximum Gasteiger partial charge on any atom is 0.249 e. The van der Waals surface area contributed by atoms with Gasteiger partial charge in [-0.2, -0.15) is 0 Å². The number of morpholine rings is 1. The lowest BCUT2D eigenvalue weighted by Gasteiger charge is -2.40. The minimum absolute atomic E-state index is 0.0433. The maximum atomic E-state index is 12.5. The van der Waals surface area contributed by atoms with Crippen molar-refractivity contribution < 1.29 is 19.4 Å². The molecule has 0 unspecified atom stereocenters. The van der Waals surface area contributed by atoms with Crippen LogP contribution in [-0.2, 0) is 27.3 Å². The van der Waals surface area contributed by atoms with Crippen LogP contribution in [0.2, 0.25) is 0 Å². The van der Waals surface area contributed by atoms with Crippen molar-refractivity contribution in [1.82, 2.24) is 9.88 Å². The topological polar surface area (TPSA) is 91.8 Å². The number of thiophene rings is 1. The van der Waals surface area contributed by atoms with Crippen molar-refractivity contribution in [1.29, 1.82) is 0 Å². The first-order valence-corrected chi connectivity index (χ1v) is 11.6. The number of aliphatic hydroxyl groups is 1. The minimum Gasteiger partial charge on any atom is -0.394 e. The molecule has 2 atom stereocenters. The summed E-state index contributed by atoms with van der Waals surface area (Å²) in [4.78, 5) is 32.6. The van der Waals surface area contributed by atoms with E-state index in [1.807, 2.05) is 48.7 Å². The quantitative estimate of drug-likeness (QED) is 0.569. The van der Waals surface area contributed by atoms with E-state index in [2.05, 4.69) is 10.3 Å². The molecule has 0 radical (unpaired) electrons. The van der Waals surface area contributed by atoms with E-state index in [1.54, 1.807) is 21.7 Å². The Morgan fingerprint density at radius 2 is 2.10 bits per heavy atom. The third-order valence-corrected chi connectivity index (χ3v) is 7.04. The van der Waals surface area contributed by atoms with Crippen LogP contribution >= 0.6 is 22.7 Å². The summed E-state index contributed by atoms with van der Waals surface area (Å²) in [5, 5.41) is 14.9. The van der Waals surface area contributed by atoms with Crippen molar-refractivity contribution in [2.45, 2.75) is 32.0 Å². The van der Waals surface area contributed by atoms with E-state index in [9.17, 15) is 14.7 Å². The van der Waals surface area contributed by atoms with Crippen molar-refractivity contribution in [2.24, 2.45) is 0 Å². The van der Waals surface area contributed by atoms with Gasteiger partial charge < -0.3 is 20.1 Å². The molecule has 2 N–H and O–H groups in total. The fourth-order valence-corrected chi connectivity index (χ4v) is 5.07. The summed E-state index contributed by atoms with van der Waals surface area (Å²) in [6, 6.07) is 10.7. The zero-order valence-corrected chi connectivity index (χ0v) is 18.6. The van der Waals surface area contributed by atoms with Gasteiger partial charge in [0, 0.05) is 15.4 Å². The summed E-state index contributed by atoms with van der Waals surface area (Å²) < 4.78 is 5.80. The molecule has 2 amide bonds. The Hall–Kier alpha value is -2.59. The van der Waals surface area contributed by atoms with Crippen LogP contribution in [0.3, 0.4) is 0 Å². The number of nitrogens with one attached hydrogen (secondary N) is 1. The molecule has 9 heteroatoms. The summed E-state index contributed by atoms with van der Waals surface area (Å²) in [6.07, 6.45) is -0.113. The average molecular weight is 458 g/mol. The number of aromatic nitrogens is 1. The van der Waals surface area contributed by atoms with Crippen LogP contribution in [0.15, 0.2) is 47.3 Å². The minimum atomic E-state index is -0.498. The summed E-state index contributed by atoms with van der Waals surface area (Å²) >= 11 is 3.05. The highest BCUT2D eigenvalue weighted by molar-refractivity contribution is 7.10. The summed E-state index contributed by atoms with van der Waals surface area (Å²) in [7, 11) is 0. The molecule has 0 saturated carbocycles. The van der Waals surface area contributed by atoms with E-state index in [0.717, 1.165) is 21.0 Å². The molecule has 0 bridgehead atoms. The summed E-state index contributed by atoms with van der Waals surface area (Å²) in [5.74, 6) is -0.227. The first-order valence-electron chi connectivity index (χ1n) is 9.88. The number of carbonyl (C=O) groups is 2. The summed E-state index contributed by atoms with van der Waals surface area (Å²) in [5.41, 5.74) is 4.18. The Kier molecular flexibility index (Phi) is 6.77. The smallest absolute Gasteiger partial charge is 0.249 e. The van der Waals surface area contributed by atoms with Crippen LogP contribution in [0.25, 0.3) is 0 Å². The van der Waals surface area contributed by atoms with Crippen molar-refractivity contribution in [3.05, 3.63) is 68.3 Å². The van der Waals surface area contributed by atoms with Crippen LogP contribution in [0, 0.1) is 6.92 Å².